The van der Waals surface area contributed by atoms with Crippen LogP contribution in [0.25, 0.3) is 0 Å². The van der Waals surface area contributed by atoms with Crippen molar-refractivity contribution < 1.29 is 0 Å². The van der Waals surface area contributed by atoms with Crippen molar-refractivity contribution in [3.05, 3.63) is 57.6 Å². The van der Waals surface area contributed by atoms with E-state index < -0.39 is 0 Å². The highest BCUT2D eigenvalue weighted by Gasteiger charge is 2.01. The largest absolute Gasteiger partial charge is 0.355 e. The van der Waals surface area contributed by atoms with Gasteiger partial charge in [-0.25, -0.2) is 0 Å². The van der Waals surface area contributed by atoms with Gasteiger partial charge in [-0.05, 0) is 71.2 Å². The van der Waals surface area contributed by atoms with Crippen molar-refractivity contribution in [3.8, 4) is 6.07 Å². The van der Waals surface area contributed by atoms with Crippen LogP contribution in [0.4, 0.5) is 11.4 Å². The number of nitrogens with zero attached hydrogens (tertiary/aromatic N) is 1. The molecule has 2 aromatic carbocycles. The first-order valence-corrected chi connectivity index (χ1v) is 6.43. The minimum Gasteiger partial charge on any atom is -0.355 e. The first-order chi connectivity index (χ1) is 8.60. The zero-order valence-corrected chi connectivity index (χ0v) is 11.9. The fourth-order valence-electron chi connectivity index (χ4n) is 1.67. The second-order valence-corrected chi connectivity index (χ2v) is 5.08. The molecule has 0 heterocycles. The zero-order chi connectivity index (χ0) is 13.1. The number of hydrogen-bond donors (Lipinski definition) is 1. The Balaban J connectivity index is 2.26. The molecule has 1 N–H and O–H groups in total. The van der Waals surface area contributed by atoms with Crippen LogP contribution >= 0.6 is 15.9 Å². The number of nitrogens with one attached hydrogen (secondary N) is 1. The maximum absolute atomic E-state index is 8.87. The summed E-state index contributed by atoms with van der Waals surface area (Å²) in [7, 11) is 0. The van der Waals surface area contributed by atoms with Gasteiger partial charge in [0, 0.05) is 15.8 Å². The molecule has 2 aromatic rings. The molecule has 0 fully saturated rings. The van der Waals surface area contributed by atoms with E-state index in [2.05, 4.69) is 59.4 Å². The minimum absolute atomic E-state index is 0.639. The van der Waals surface area contributed by atoms with Crippen LogP contribution in [-0.2, 0) is 0 Å². The Morgan fingerprint density at radius 1 is 1.00 bits per heavy atom. The van der Waals surface area contributed by atoms with Crippen molar-refractivity contribution in [2.24, 2.45) is 0 Å². The molecule has 0 amide bonds. The molecule has 0 aromatic heterocycles. The van der Waals surface area contributed by atoms with Crippen LogP contribution in [0.2, 0.25) is 0 Å². The third-order valence-corrected chi connectivity index (χ3v) is 3.54. The van der Waals surface area contributed by atoms with Gasteiger partial charge < -0.3 is 5.32 Å². The number of nitriles is 1. The number of anilines is 2. The van der Waals surface area contributed by atoms with Crippen molar-refractivity contribution >= 4 is 27.3 Å². The van der Waals surface area contributed by atoms with E-state index >= 15 is 0 Å². The van der Waals surface area contributed by atoms with Crippen LogP contribution in [0.15, 0.2) is 40.9 Å². The summed E-state index contributed by atoms with van der Waals surface area (Å²) < 4.78 is 0.804. The van der Waals surface area contributed by atoms with Crippen LogP contribution in [0, 0.1) is 25.2 Å². The van der Waals surface area contributed by atoms with Crippen molar-refractivity contribution in [1.82, 2.24) is 0 Å². The van der Waals surface area contributed by atoms with Crippen LogP contribution < -0.4 is 5.32 Å². The van der Waals surface area contributed by atoms with Gasteiger partial charge in [0.1, 0.15) is 6.07 Å². The molecule has 0 radical (unpaired) electrons. The normalized spacial score (nSPS) is 9.89. The first-order valence-electron chi connectivity index (χ1n) is 5.64. The lowest BCUT2D eigenvalue weighted by Gasteiger charge is -2.09. The topological polar surface area (TPSA) is 35.8 Å². The molecule has 3 heteroatoms. The fraction of sp³-hybridized carbons (Fsp3) is 0.133. The standard InChI is InChI=1S/C15H13BrN2/c1-10-3-5-13(7-11(10)2)18-14-6-4-12(9-17)15(16)8-14/h3-8,18H,1-2H3. The number of hydrogen-bond acceptors (Lipinski definition) is 2. The molecular weight excluding hydrogens is 288 g/mol. The van der Waals surface area contributed by atoms with Gasteiger partial charge in [-0.15, -0.1) is 0 Å². The lowest BCUT2D eigenvalue weighted by Crippen LogP contribution is -1.92. The Hall–Kier alpha value is -1.79. The molecule has 2 rings (SSSR count). The molecule has 0 spiro atoms. The quantitative estimate of drug-likeness (QED) is 0.874. The average molecular weight is 301 g/mol. The molecule has 0 aliphatic rings. The first kappa shape index (κ1) is 12.7. The van der Waals surface area contributed by atoms with E-state index in [-0.39, 0.29) is 0 Å². The second kappa shape index (κ2) is 5.24. The number of rotatable bonds is 2. The average Bonchev–Trinajstić information content (AvgIpc) is 2.34. The second-order valence-electron chi connectivity index (χ2n) is 4.23. The summed E-state index contributed by atoms with van der Waals surface area (Å²) >= 11 is 3.38. The summed E-state index contributed by atoms with van der Waals surface area (Å²) in [5, 5.41) is 12.2. The van der Waals surface area contributed by atoms with E-state index in [0.717, 1.165) is 15.8 Å². The number of halogens is 1. The highest BCUT2D eigenvalue weighted by atomic mass is 79.9. The Bertz CT molecular complexity index is 627. The molecule has 18 heavy (non-hydrogen) atoms. The smallest absolute Gasteiger partial charge is 0.100 e. The zero-order valence-electron chi connectivity index (χ0n) is 10.3. The third-order valence-electron chi connectivity index (χ3n) is 2.89. The highest BCUT2D eigenvalue weighted by Crippen LogP contribution is 2.24. The van der Waals surface area contributed by atoms with Gasteiger partial charge in [0.05, 0.1) is 5.56 Å². The molecule has 90 valence electrons. The lowest BCUT2D eigenvalue weighted by molar-refractivity contribution is 1.34. The predicted molar refractivity (Wildman–Crippen MR) is 78.1 cm³/mol. The molecule has 0 saturated carbocycles. The molecular formula is C15H13BrN2. The Morgan fingerprint density at radius 3 is 2.28 bits per heavy atom. The number of benzene rings is 2. The molecule has 0 saturated heterocycles. The van der Waals surface area contributed by atoms with Crippen LogP contribution in [0.3, 0.4) is 0 Å². The molecule has 0 unspecified atom stereocenters. The Morgan fingerprint density at radius 2 is 1.67 bits per heavy atom. The van der Waals surface area contributed by atoms with Gasteiger partial charge in [0.25, 0.3) is 0 Å². The Kier molecular flexibility index (Phi) is 3.69. The summed E-state index contributed by atoms with van der Waals surface area (Å²) in [5.74, 6) is 0. The Labute approximate surface area is 115 Å². The summed E-state index contributed by atoms with van der Waals surface area (Å²) in [6, 6.07) is 14.0. The van der Waals surface area contributed by atoms with Crippen molar-refractivity contribution in [2.45, 2.75) is 13.8 Å². The summed E-state index contributed by atoms with van der Waals surface area (Å²) in [6.45, 7) is 4.19. The maximum Gasteiger partial charge on any atom is 0.100 e. The minimum atomic E-state index is 0.639. The van der Waals surface area contributed by atoms with E-state index in [4.69, 9.17) is 5.26 Å². The SMILES string of the molecule is Cc1ccc(Nc2ccc(C#N)c(Br)c2)cc1C. The van der Waals surface area contributed by atoms with Crippen molar-refractivity contribution in [3.63, 3.8) is 0 Å². The van der Waals surface area contributed by atoms with Crippen LogP contribution in [0.5, 0.6) is 0 Å². The van der Waals surface area contributed by atoms with Crippen LogP contribution in [0.1, 0.15) is 16.7 Å². The van der Waals surface area contributed by atoms with Crippen LogP contribution in [-0.4, -0.2) is 0 Å². The molecule has 0 aliphatic heterocycles. The van der Waals surface area contributed by atoms with Gasteiger partial charge in [0.15, 0.2) is 0 Å². The highest BCUT2D eigenvalue weighted by molar-refractivity contribution is 9.10. The maximum atomic E-state index is 8.87. The summed E-state index contributed by atoms with van der Waals surface area (Å²) in [6.07, 6.45) is 0. The van der Waals surface area contributed by atoms with Gasteiger partial charge >= 0.3 is 0 Å². The summed E-state index contributed by atoms with van der Waals surface area (Å²) in [5.41, 5.74) is 5.19. The van der Waals surface area contributed by atoms with Gasteiger partial charge in [-0.3, -0.25) is 0 Å². The van der Waals surface area contributed by atoms with Gasteiger partial charge in [0.2, 0.25) is 0 Å². The fourth-order valence-corrected chi connectivity index (χ4v) is 2.14. The van der Waals surface area contributed by atoms with E-state index in [0.29, 0.717) is 5.56 Å². The van der Waals surface area contributed by atoms with Gasteiger partial charge in [-0.1, -0.05) is 6.07 Å². The molecule has 0 bridgehead atoms. The monoisotopic (exact) mass is 300 g/mol. The van der Waals surface area contributed by atoms with Crippen molar-refractivity contribution in [1.29, 1.82) is 5.26 Å². The van der Waals surface area contributed by atoms with Crippen molar-refractivity contribution in [2.75, 3.05) is 5.32 Å². The van der Waals surface area contributed by atoms with E-state index in [1.54, 1.807) is 6.07 Å². The predicted octanol–water partition coefficient (Wildman–Crippen LogP) is 4.68. The molecule has 0 atom stereocenters. The third kappa shape index (κ3) is 2.72. The summed E-state index contributed by atoms with van der Waals surface area (Å²) in [4.78, 5) is 0. The lowest BCUT2D eigenvalue weighted by atomic mass is 10.1. The molecule has 2 nitrogen and oxygen atoms in total. The molecule has 0 aliphatic carbocycles. The van der Waals surface area contributed by atoms with E-state index in [9.17, 15) is 0 Å². The van der Waals surface area contributed by atoms with E-state index in [1.807, 2.05) is 12.1 Å². The van der Waals surface area contributed by atoms with E-state index in [1.165, 1.54) is 11.1 Å². The van der Waals surface area contributed by atoms with Gasteiger partial charge in [-0.2, -0.15) is 5.26 Å². The number of aryl methyl sites for hydroxylation is 2.